The van der Waals surface area contributed by atoms with Crippen molar-refractivity contribution in [2.75, 3.05) is 51.6 Å². The maximum absolute atomic E-state index is 12.0. The van der Waals surface area contributed by atoms with Crippen molar-refractivity contribution in [3.05, 3.63) is 52.1 Å². The normalized spacial score (nSPS) is 17.0. The standard InChI is InChI=1S/C14H22N2O.C12H15Cl2N3O/c1-12(2)17-14-7-6-13(10-15-14)11-16-8-4-3-5-9-16;1-16-4-6-17(7-5-16)12(18)15-9-2-3-10(13)11(14)8-9/h6-7,10,12H,3-5,8-9,11H2,1-2H3;2-3,8H,4-7H2,1H3,(H,15,18). The van der Waals surface area contributed by atoms with Gasteiger partial charge in [-0.05, 0) is 70.6 Å². The highest BCUT2D eigenvalue weighted by atomic mass is 35.5. The summed E-state index contributed by atoms with van der Waals surface area (Å²) >= 11 is 11.7. The molecule has 192 valence electrons. The lowest BCUT2D eigenvalue weighted by Crippen LogP contribution is -2.48. The fourth-order valence-corrected chi connectivity index (χ4v) is 4.28. The third-order valence-electron chi connectivity index (χ3n) is 5.97. The minimum Gasteiger partial charge on any atom is -0.475 e. The Kier molecular flexibility index (Phi) is 10.9. The second-order valence-electron chi connectivity index (χ2n) is 9.36. The molecule has 1 aromatic heterocycles. The molecule has 3 heterocycles. The zero-order chi connectivity index (χ0) is 25.2. The highest BCUT2D eigenvalue weighted by molar-refractivity contribution is 6.42. The summed E-state index contributed by atoms with van der Waals surface area (Å²) in [6.07, 6.45) is 6.18. The van der Waals surface area contributed by atoms with Crippen LogP contribution in [0.15, 0.2) is 36.5 Å². The summed E-state index contributed by atoms with van der Waals surface area (Å²) < 4.78 is 5.53. The van der Waals surface area contributed by atoms with Gasteiger partial charge in [0.25, 0.3) is 0 Å². The van der Waals surface area contributed by atoms with Crippen LogP contribution < -0.4 is 10.1 Å². The Morgan fingerprint density at radius 1 is 1.00 bits per heavy atom. The number of piperidine rings is 1. The average Bonchev–Trinajstić information content (AvgIpc) is 2.84. The first-order valence-corrected chi connectivity index (χ1v) is 13.1. The van der Waals surface area contributed by atoms with Crippen molar-refractivity contribution in [3.63, 3.8) is 0 Å². The first-order chi connectivity index (χ1) is 16.8. The van der Waals surface area contributed by atoms with Crippen molar-refractivity contribution in [2.45, 2.75) is 45.8 Å². The molecular formula is C26H37Cl2N5O2. The van der Waals surface area contributed by atoms with Gasteiger partial charge in [-0.25, -0.2) is 9.78 Å². The van der Waals surface area contributed by atoms with Crippen molar-refractivity contribution >= 4 is 34.9 Å². The number of nitrogens with zero attached hydrogens (tertiary/aromatic N) is 4. The molecule has 2 aromatic rings. The zero-order valence-corrected chi connectivity index (χ0v) is 22.5. The second-order valence-corrected chi connectivity index (χ2v) is 10.2. The van der Waals surface area contributed by atoms with Crippen molar-refractivity contribution in [2.24, 2.45) is 0 Å². The Balaban J connectivity index is 0.000000196. The fraction of sp³-hybridized carbons (Fsp3) is 0.538. The summed E-state index contributed by atoms with van der Waals surface area (Å²) in [6.45, 7) is 10.8. The van der Waals surface area contributed by atoms with Gasteiger partial charge in [-0.3, -0.25) is 4.90 Å². The van der Waals surface area contributed by atoms with Crippen molar-refractivity contribution in [3.8, 4) is 5.88 Å². The number of pyridine rings is 1. The lowest BCUT2D eigenvalue weighted by Gasteiger charge is -2.32. The van der Waals surface area contributed by atoms with Crippen LogP contribution in [0.5, 0.6) is 5.88 Å². The molecule has 0 radical (unpaired) electrons. The van der Waals surface area contributed by atoms with Crippen LogP contribution in [0.4, 0.5) is 10.5 Å². The summed E-state index contributed by atoms with van der Waals surface area (Å²) in [5, 5.41) is 3.74. The molecule has 9 heteroatoms. The number of ether oxygens (including phenoxy) is 1. The van der Waals surface area contributed by atoms with E-state index in [9.17, 15) is 4.79 Å². The molecule has 2 amide bonds. The van der Waals surface area contributed by atoms with Crippen LogP contribution in [0.3, 0.4) is 0 Å². The number of amides is 2. The maximum Gasteiger partial charge on any atom is 0.321 e. The molecule has 35 heavy (non-hydrogen) atoms. The molecule has 7 nitrogen and oxygen atoms in total. The third kappa shape index (κ3) is 9.49. The zero-order valence-electron chi connectivity index (χ0n) is 21.0. The van der Waals surface area contributed by atoms with E-state index in [-0.39, 0.29) is 12.1 Å². The van der Waals surface area contributed by atoms with E-state index < -0.39 is 0 Å². The summed E-state index contributed by atoms with van der Waals surface area (Å²) in [7, 11) is 2.05. The number of likely N-dealkylation sites (tertiary alicyclic amines) is 1. The molecular weight excluding hydrogens is 485 g/mol. The lowest BCUT2D eigenvalue weighted by molar-refractivity contribution is 0.164. The average molecular weight is 523 g/mol. The number of carbonyl (C=O) groups is 1. The molecule has 1 aromatic carbocycles. The van der Waals surface area contributed by atoms with E-state index in [4.69, 9.17) is 27.9 Å². The van der Waals surface area contributed by atoms with Gasteiger partial charge in [0, 0.05) is 50.7 Å². The minimum atomic E-state index is -0.0958. The summed E-state index contributed by atoms with van der Waals surface area (Å²) in [6, 6.07) is 9.06. The van der Waals surface area contributed by atoms with Crippen LogP contribution in [0.25, 0.3) is 0 Å². The number of hydrogen-bond acceptors (Lipinski definition) is 5. The second kappa shape index (κ2) is 13.9. The lowest BCUT2D eigenvalue weighted by atomic mass is 10.1. The monoisotopic (exact) mass is 521 g/mol. The van der Waals surface area contributed by atoms with Crippen LogP contribution in [0, 0.1) is 0 Å². The Bertz CT molecular complexity index is 928. The highest BCUT2D eigenvalue weighted by Gasteiger charge is 2.19. The number of rotatable bonds is 5. The number of halogens is 2. The number of carbonyl (C=O) groups excluding carboxylic acids is 1. The fourth-order valence-electron chi connectivity index (χ4n) is 3.98. The van der Waals surface area contributed by atoms with Crippen LogP contribution in [-0.2, 0) is 6.54 Å². The molecule has 1 N–H and O–H groups in total. The van der Waals surface area contributed by atoms with E-state index in [2.05, 4.69) is 26.2 Å². The first kappa shape index (κ1) is 27.5. The van der Waals surface area contributed by atoms with E-state index in [0.717, 1.165) is 38.6 Å². The van der Waals surface area contributed by atoms with Crippen molar-refractivity contribution < 1.29 is 9.53 Å². The van der Waals surface area contributed by atoms with Crippen molar-refractivity contribution in [1.82, 2.24) is 19.7 Å². The van der Waals surface area contributed by atoms with Gasteiger partial charge in [0.05, 0.1) is 16.1 Å². The number of benzene rings is 1. The van der Waals surface area contributed by atoms with Gasteiger partial charge >= 0.3 is 6.03 Å². The predicted octanol–water partition coefficient (Wildman–Crippen LogP) is 5.63. The number of aromatic nitrogens is 1. The number of likely N-dealkylation sites (N-methyl/N-ethyl adjacent to an activating group) is 1. The van der Waals surface area contributed by atoms with Crippen LogP contribution in [0.1, 0.15) is 38.7 Å². The quantitative estimate of drug-likeness (QED) is 0.552. The van der Waals surface area contributed by atoms with Gasteiger partial charge in [-0.1, -0.05) is 35.7 Å². The number of nitrogens with one attached hydrogen (secondary N) is 1. The molecule has 0 atom stereocenters. The van der Waals surface area contributed by atoms with Gasteiger partial charge in [0.1, 0.15) is 0 Å². The third-order valence-corrected chi connectivity index (χ3v) is 6.71. The largest absolute Gasteiger partial charge is 0.475 e. The van der Waals surface area contributed by atoms with Crippen LogP contribution >= 0.6 is 23.2 Å². The number of piperazine rings is 1. The summed E-state index contributed by atoms with van der Waals surface area (Å²) in [5.74, 6) is 0.724. The Morgan fingerprint density at radius 2 is 1.71 bits per heavy atom. The van der Waals surface area contributed by atoms with Gasteiger partial charge in [0.15, 0.2) is 0 Å². The number of urea groups is 1. The van der Waals surface area contributed by atoms with Crippen molar-refractivity contribution in [1.29, 1.82) is 0 Å². The predicted molar refractivity (Wildman–Crippen MR) is 144 cm³/mol. The van der Waals surface area contributed by atoms with E-state index in [0.29, 0.717) is 15.7 Å². The minimum absolute atomic E-state index is 0.0958. The van der Waals surface area contributed by atoms with Gasteiger partial charge in [-0.2, -0.15) is 0 Å². The SMILES string of the molecule is CC(C)Oc1ccc(CN2CCCCC2)cn1.CN1CCN(C(=O)Nc2ccc(Cl)c(Cl)c2)CC1. The van der Waals surface area contributed by atoms with Crippen LogP contribution in [0.2, 0.25) is 10.0 Å². The van der Waals surface area contributed by atoms with E-state index in [1.54, 1.807) is 23.1 Å². The highest BCUT2D eigenvalue weighted by Crippen LogP contribution is 2.25. The number of hydrogen-bond donors (Lipinski definition) is 1. The molecule has 0 bridgehead atoms. The number of anilines is 1. The topological polar surface area (TPSA) is 60.9 Å². The van der Waals surface area contributed by atoms with Crippen LogP contribution in [-0.4, -0.2) is 78.1 Å². The summed E-state index contributed by atoms with van der Waals surface area (Å²) in [5.41, 5.74) is 1.94. The van der Waals surface area contributed by atoms with Gasteiger partial charge in [0.2, 0.25) is 5.88 Å². The van der Waals surface area contributed by atoms with E-state index in [1.165, 1.54) is 37.9 Å². The van der Waals surface area contributed by atoms with Gasteiger partial charge < -0.3 is 19.9 Å². The molecule has 4 rings (SSSR count). The molecule has 0 spiro atoms. The maximum atomic E-state index is 12.0. The smallest absolute Gasteiger partial charge is 0.321 e. The first-order valence-electron chi connectivity index (χ1n) is 12.3. The summed E-state index contributed by atoms with van der Waals surface area (Å²) in [4.78, 5) is 22.8. The Labute approximate surface area is 219 Å². The Morgan fingerprint density at radius 3 is 2.31 bits per heavy atom. The van der Waals surface area contributed by atoms with Gasteiger partial charge in [-0.15, -0.1) is 0 Å². The molecule has 0 unspecified atom stereocenters. The molecule has 0 aliphatic carbocycles. The Hall–Kier alpha value is -2.06. The molecule has 2 aliphatic heterocycles. The molecule has 2 saturated heterocycles. The molecule has 2 fully saturated rings. The molecule has 0 saturated carbocycles. The molecule has 2 aliphatic rings. The van der Waals surface area contributed by atoms with E-state index >= 15 is 0 Å². The van der Waals surface area contributed by atoms with E-state index in [1.807, 2.05) is 33.2 Å².